The maximum atomic E-state index is 15.2. The summed E-state index contributed by atoms with van der Waals surface area (Å²) >= 11 is 0. The second-order valence-electron chi connectivity index (χ2n) is 9.39. The molecule has 2 N–H and O–H groups in total. The number of nitrogens with two attached hydrogens (primary N) is 1. The van der Waals surface area contributed by atoms with Crippen LogP contribution >= 0.6 is 0 Å². The molecule has 0 radical (unpaired) electrons. The van der Waals surface area contributed by atoms with E-state index in [1.165, 1.54) is 6.07 Å². The lowest BCUT2D eigenvalue weighted by atomic mass is 9.68. The van der Waals surface area contributed by atoms with Crippen LogP contribution < -0.4 is 5.73 Å². The average Bonchev–Trinajstić information content (AvgIpc) is 3.24. The van der Waals surface area contributed by atoms with Crippen molar-refractivity contribution in [3.8, 4) is 11.1 Å². The van der Waals surface area contributed by atoms with Crippen LogP contribution in [0.15, 0.2) is 85.5 Å². The number of rotatable bonds is 6. The van der Waals surface area contributed by atoms with Crippen molar-refractivity contribution in [2.24, 2.45) is 5.92 Å². The largest absolute Gasteiger partial charge is 0.368 e. The molecule has 0 spiro atoms. The first-order valence-electron chi connectivity index (χ1n) is 11.7. The van der Waals surface area contributed by atoms with Crippen molar-refractivity contribution in [2.75, 3.05) is 5.73 Å². The first-order valence-corrected chi connectivity index (χ1v) is 11.7. The van der Waals surface area contributed by atoms with Gasteiger partial charge in [0.2, 0.25) is 5.95 Å². The molecule has 5 nitrogen and oxygen atoms in total. The SMILES string of the molecule is CC(C)C(C)(c1ccc(-c2cnc(N)nc2)cc1)c1cn(Cc2ccccn2)c2c(F)cccc12. The van der Waals surface area contributed by atoms with Crippen molar-refractivity contribution >= 4 is 16.9 Å². The minimum absolute atomic E-state index is 0.227. The Labute approximate surface area is 204 Å². The zero-order valence-electron chi connectivity index (χ0n) is 20.1. The normalized spacial score (nSPS) is 13.3. The number of hydrogen-bond acceptors (Lipinski definition) is 4. The molecule has 1 unspecified atom stereocenters. The van der Waals surface area contributed by atoms with Gasteiger partial charge in [0.1, 0.15) is 5.82 Å². The molecular weight excluding hydrogens is 437 g/mol. The number of hydrogen-bond donors (Lipinski definition) is 1. The molecule has 176 valence electrons. The first kappa shape index (κ1) is 22.7. The fourth-order valence-corrected chi connectivity index (χ4v) is 4.82. The molecule has 0 aliphatic heterocycles. The zero-order valence-corrected chi connectivity index (χ0v) is 20.1. The third-order valence-corrected chi connectivity index (χ3v) is 7.11. The maximum Gasteiger partial charge on any atom is 0.219 e. The highest BCUT2D eigenvalue weighted by atomic mass is 19.1. The van der Waals surface area contributed by atoms with Crippen LogP contribution in [0, 0.1) is 11.7 Å². The molecule has 0 aliphatic rings. The molecule has 3 aromatic heterocycles. The minimum atomic E-state index is -0.350. The van der Waals surface area contributed by atoms with Crippen LogP contribution in [0.1, 0.15) is 37.6 Å². The van der Waals surface area contributed by atoms with E-state index in [0.717, 1.165) is 33.3 Å². The third-order valence-electron chi connectivity index (χ3n) is 7.11. The summed E-state index contributed by atoms with van der Waals surface area (Å²) in [6, 6.07) is 19.6. The minimum Gasteiger partial charge on any atom is -0.368 e. The van der Waals surface area contributed by atoms with E-state index >= 15 is 4.39 Å². The Hall–Kier alpha value is -4.06. The Morgan fingerprint density at radius 1 is 0.914 bits per heavy atom. The van der Waals surface area contributed by atoms with Gasteiger partial charge in [0.15, 0.2) is 0 Å². The Balaban J connectivity index is 1.63. The molecule has 2 aromatic carbocycles. The number of para-hydroxylation sites is 1. The van der Waals surface area contributed by atoms with Gasteiger partial charge in [-0.05, 0) is 40.8 Å². The van der Waals surface area contributed by atoms with Crippen LogP contribution in [0.5, 0.6) is 0 Å². The molecule has 5 rings (SSSR count). The van der Waals surface area contributed by atoms with E-state index in [4.69, 9.17) is 5.73 Å². The Bertz CT molecular complexity index is 1460. The van der Waals surface area contributed by atoms with Gasteiger partial charge >= 0.3 is 0 Å². The molecule has 6 heteroatoms. The van der Waals surface area contributed by atoms with Gasteiger partial charge in [-0.15, -0.1) is 0 Å². The van der Waals surface area contributed by atoms with Crippen molar-refractivity contribution < 1.29 is 4.39 Å². The molecule has 1 atom stereocenters. The first-order chi connectivity index (χ1) is 16.9. The summed E-state index contributed by atoms with van der Waals surface area (Å²) in [4.78, 5) is 12.7. The molecule has 0 amide bonds. The third kappa shape index (κ3) is 4.05. The quantitative estimate of drug-likeness (QED) is 0.323. The summed E-state index contributed by atoms with van der Waals surface area (Å²) in [5.41, 5.74) is 11.0. The summed E-state index contributed by atoms with van der Waals surface area (Å²) in [7, 11) is 0. The summed E-state index contributed by atoms with van der Waals surface area (Å²) in [6.45, 7) is 7.16. The van der Waals surface area contributed by atoms with Gasteiger partial charge in [0.25, 0.3) is 0 Å². The molecule has 35 heavy (non-hydrogen) atoms. The predicted molar refractivity (Wildman–Crippen MR) is 138 cm³/mol. The highest BCUT2D eigenvalue weighted by molar-refractivity contribution is 5.86. The fourth-order valence-electron chi connectivity index (χ4n) is 4.82. The lowest BCUT2D eigenvalue weighted by molar-refractivity contribution is 0.407. The van der Waals surface area contributed by atoms with Crippen LogP contribution in [-0.2, 0) is 12.0 Å². The summed E-state index contributed by atoms with van der Waals surface area (Å²) in [6.07, 6.45) is 7.33. The standard InChI is InChI=1S/C29H28FN5/c1-19(2)29(3,22-12-10-20(11-13-22)21-15-33-28(31)34-16-21)25-18-35(17-23-7-4-5-14-32-23)27-24(25)8-6-9-26(27)30/h4-16,18-19H,17H2,1-3H3,(H2,31,33,34). The van der Waals surface area contributed by atoms with E-state index in [2.05, 4.69) is 66.2 Å². The number of nitrogen functional groups attached to an aromatic ring is 1. The van der Waals surface area contributed by atoms with Gasteiger partial charge in [-0.3, -0.25) is 4.98 Å². The Kier molecular flexibility index (Phi) is 5.81. The van der Waals surface area contributed by atoms with E-state index in [1.54, 1.807) is 24.7 Å². The van der Waals surface area contributed by atoms with E-state index in [-0.39, 0.29) is 23.1 Å². The van der Waals surface area contributed by atoms with Crippen molar-refractivity contribution in [3.63, 3.8) is 0 Å². The monoisotopic (exact) mass is 465 g/mol. The number of benzene rings is 2. The maximum absolute atomic E-state index is 15.2. The lowest BCUT2D eigenvalue weighted by Crippen LogP contribution is -2.30. The highest BCUT2D eigenvalue weighted by Crippen LogP contribution is 2.43. The van der Waals surface area contributed by atoms with Crippen LogP contribution in [0.3, 0.4) is 0 Å². The number of fused-ring (bicyclic) bond motifs is 1. The van der Waals surface area contributed by atoms with Crippen molar-refractivity contribution in [1.82, 2.24) is 19.5 Å². The lowest BCUT2D eigenvalue weighted by Gasteiger charge is -2.35. The highest BCUT2D eigenvalue weighted by Gasteiger charge is 2.36. The van der Waals surface area contributed by atoms with Crippen LogP contribution in [0.2, 0.25) is 0 Å². The average molecular weight is 466 g/mol. The molecular formula is C29H28FN5. The molecule has 0 aliphatic carbocycles. The van der Waals surface area contributed by atoms with Crippen molar-refractivity contribution in [3.05, 3.63) is 108 Å². The van der Waals surface area contributed by atoms with Gasteiger partial charge in [0, 0.05) is 41.2 Å². The summed E-state index contributed by atoms with van der Waals surface area (Å²) in [5.74, 6) is 0.284. The topological polar surface area (TPSA) is 69.6 Å². The van der Waals surface area contributed by atoms with Crippen molar-refractivity contribution in [1.29, 1.82) is 0 Å². The number of nitrogens with zero attached hydrogens (tertiary/aromatic N) is 4. The molecule has 0 saturated heterocycles. The number of aromatic nitrogens is 4. The number of halogens is 1. The predicted octanol–water partition coefficient (Wildman–Crippen LogP) is 6.22. The van der Waals surface area contributed by atoms with E-state index in [0.29, 0.717) is 12.1 Å². The van der Waals surface area contributed by atoms with E-state index in [1.807, 2.05) is 28.8 Å². The summed E-state index contributed by atoms with van der Waals surface area (Å²) in [5, 5.41) is 0.924. The zero-order chi connectivity index (χ0) is 24.6. The Morgan fingerprint density at radius 3 is 2.31 bits per heavy atom. The van der Waals surface area contributed by atoms with E-state index in [9.17, 15) is 0 Å². The van der Waals surface area contributed by atoms with Gasteiger partial charge in [0.05, 0.1) is 17.8 Å². The second kappa shape index (κ2) is 8.95. The van der Waals surface area contributed by atoms with E-state index < -0.39 is 0 Å². The van der Waals surface area contributed by atoms with Crippen LogP contribution in [-0.4, -0.2) is 19.5 Å². The smallest absolute Gasteiger partial charge is 0.219 e. The molecule has 0 bridgehead atoms. The number of anilines is 1. The van der Waals surface area contributed by atoms with Crippen molar-refractivity contribution in [2.45, 2.75) is 32.7 Å². The number of pyridine rings is 1. The van der Waals surface area contributed by atoms with Gasteiger partial charge < -0.3 is 10.3 Å². The second-order valence-corrected chi connectivity index (χ2v) is 9.39. The van der Waals surface area contributed by atoms with Gasteiger partial charge in [-0.2, -0.15) is 0 Å². The Morgan fingerprint density at radius 2 is 1.66 bits per heavy atom. The molecule has 5 aromatic rings. The van der Waals surface area contributed by atoms with Gasteiger partial charge in [-0.25, -0.2) is 14.4 Å². The van der Waals surface area contributed by atoms with Crippen LogP contribution in [0.25, 0.3) is 22.0 Å². The fraction of sp³-hybridized carbons (Fsp3) is 0.207. The van der Waals surface area contributed by atoms with Crippen LogP contribution in [0.4, 0.5) is 10.3 Å². The van der Waals surface area contributed by atoms with Gasteiger partial charge in [-0.1, -0.05) is 63.2 Å². The molecule has 0 fully saturated rings. The molecule has 3 heterocycles. The molecule has 0 saturated carbocycles. The summed E-state index contributed by atoms with van der Waals surface area (Å²) < 4.78 is 17.2.